The molecular weight excluding hydrogens is 505 g/mol. The van der Waals surface area contributed by atoms with Crippen LogP contribution in [0.4, 0.5) is 0 Å². The zero-order valence-corrected chi connectivity index (χ0v) is 21.2. The van der Waals surface area contributed by atoms with Gasteiger partial charge in [-0.2, -0.15) is 0 Å². The van der Waals surface area contributed by atoms with Crippen LogP contribution >= 0.6 is 24.0 Å². The third-order valence-electron chi connectivity index (χ3n) is 5.28. The van der Waals surface area contributed by atoms with E-state index in [2.05, 4.69) is 52.6 Å². The van der Waals surface area contributed by atoms with E-state index in [1.807, 2.05) is 18.3 Å². The van der Waals surface area contributed by atoms with Gasteiger partial charge in [0.15, 0.2) is 5.96 Å². The average Bonchev–Trinajstić information content (AvgIpc) is 3.19. The predicted molar refractivity (Wildman–Crippen MR) is 136 cm³/mol. The van der Waals surface area contributed by atoms with Crippen LogP contribution in [0.3, 0.4) is 0 Å². The fourth-order valence-electron chi connectivity index (χ4n) is 3.66. The number of halogens is 1. The number of hydrogen-bond acceptors (Lipinski definition) is 5. The molecule has 8 heteroatoms. The Labute approximate surface area is 202 Å². The first-order valence-electron chi connectivity index (χ1n) is 10.5. The maximum Gasteiger partial charge on any atom is 0.191 e. The van der Waals surface area contributed by atoms with Crippen LogP contribution in [0.25, 0.3) is 0 Å². The Bertz CT molecular complexity index is 839. The number of nitrogens with one attached hydrogen (secondary N) is 2. The van der Waals surface area contributed by atoms with Gasteiger partial charge in [0.1, 0.15) is 11.5 Å². The van der Waals surface area contributed by atoms with Crippen LogP contribution < -0.4 is 20.1 Å². The zero-order chi connectivity index (χ0) is 21.3. The van der Waals surface area contributed by atoms with Gasteiger partial charge < -0.3 is 20.1 Å². The van der Waals surface area contributed by atoms with Gasteiger partial charge in [0.25, 0.3) is 0 Å². The second-order valence-electron chi connectivity index (χ2n) is 7.55. The summed E-state index contributed by atoms with van der Waals surface area (Å²) >= 11 is 0. The van der Waals surface area contributed by atoms with E-state index < -0.39 is 0 Å². The monoisotopic (exact) mass is 539 g/mol. The lowest BCUT2D eigenvalue weighted by Gasteiger charge is -2.19. The minimum Gasteiger partial charge on any atom is -0.497 e. The third-order valence-corrected chi connectivity index (χ3v) is 5.28. The predicted octanol–water partition coefficient (Wildman–Crippen LogP) is 3.35. The fourth-order valence-corrected chi connectivity index (χ4v) is 3.66. The highest BCUT2D eigenvalue weighted by Crippen LogP contribution is 2.24. The Morgan fingerprint density at radius 2 is 1.97 bits per heavy atom. The fraction of sp³-hybridized carbons (Fsp3) is 0.478. The molecule has 1 aromatic heterocycles. The van der Waals surface area contributed by atoms with E-state index in [4.69, 9.17) is 14.5 Å². The molecule has 2 N–H and O–H groups in total. The van der Waals surface area contributed by atoms with E-state index in [1.54, 1.807) is 14.2 Å². The molecule has 170 valence electrons. The van der Waals surface area contributed by atoms with Crippen molar-refractivity contribution in [2.75, 3.05) is 33.9 Å². The zero-order valence-electron chi connectivity index (χ0n) is 18.9. The molecule has 1 unspecified atom stereocenters. The van der Waals surface area contributed by atoms with Crippen LogP contribution in [0, 0.1) is 6.92 Å². The Balaban J connectivity index is 0.00000341. The summed E-state index contributed by atoms with van der Waals surface area (Å²) in [7, 11) is 3.37. The molecule has 3 rings (SSSR count). The van der Waals surface area contributed by atoms with Crippen molar-refractivity contribution in [3.8, 4) is 11.5 Å². The van der Waals surface area contributed by atoms with Gasteiger partial charge in [0.2, 0.25) is 0 Å². The molecule has 2 aromatic rings. The van der Waals surface area contributed by atoms with Crippen molar-refractivity contribution >= 4 is 29.9 Å². The van der Waals surface area contributed by atoms with E-state index in [0.29, 0.717) is 12.6 Å². The van der Waals surface area contributed by atoms with Crippen molar-refractivity contribution in [1.82, 2.24) is 20.5 Å². The van der Waals surface area contributed by atoms with Gasteiger partial charge in [-0.15, -0.1) is 24.0 Å². The molecule has 1 aliphatic rings. The third kappa shape index (κ3) is 7.53. The lowest BCUT2D eigenvalue weighted by atomic mass is 10.2. The number of guanidine groups is 1. The molecule has 0 spiro atoms. The Morgan fingerprint density at radius 1 is 1.23 bits per heavy atom. The summed E-state index contributed by atoms with van der Waals surface area (Å²) in [6, 6.07) is 10.4. The first-order chi connectivity index (χ1) is 14.6. The number of aliphatic imine (C=N–C) groups is 1. The van der Waals surface area contributed by atoms with Crippen molar-refractivity contribution in [1.29, 1.82) is 0 Å². The summed E-state index contributed by atoms with van der Waals surface area (Å²) in [5.74, 6) is 2.49. The Morgan fingerprint density at radius 3 is 2.61 bits per heavy atom. The number of benzene rings is 1. The number of pyridine rings is 1. The molecule has 1 aromatic carbocycles. The van der Waals surface area contributed by atoms with E-state index >= 15 is 0 Å². The van der Waals surface area contributed by atoms with Gasteiger partial charge in [-0.1, -0.05) is 6.07 Å². The van der Waals surface area contributed by atoms with Crippen LogP contribution in [0.2, 0.25) is 0 Å². The van der Waals surface area contributed by atoms with E-state index in [9.17, 15) is 0 Å². The number of likely N-dealkylation sites (tertiary alicyclic amines) is 1. The summed E-state index contributed by atoms with van der Waals surface area (Å²) in [4.78, 5) is 11.6. The molecule has 2 heterocycles. The Hall–Kier alpha value is -2.07. The van der Waals surface area contributed by atoms with Gasteiger partial charge in [-0.3, -0.25) is 9.88 Å². The molecule has 0 aliphatic carbocycles. The summed E-state index contributed by atoms with van der Waals surface area (Å²) in [6.07, 6.45) is 2.90. The molecule has 1 fully saturated rings. The van der Waals surface area contributed by atoms with Gasteiger partial charge in [0.05, 0.1) is 26.5 Å². The molecular formula is C23H34IN5O2. The maximum atomic E-state index is 5.39. The van der Waals surface area contributed by atoms with Crippen LogP contribution in [0.15, 0.2) is 41.5 Å². The number of ether oxygens (including phenoxy) is 2. The van der Waals surface area contributed by atoms with Crippen molar-refractivity contribution < 1.29 is 9.47 Å². The molecule has 0 amide bonds. The van der Waals surface area contributed by atoms with Crippen LogP contribution in [-0.2, 0) is 13.1 Å². The van der Waals surface area contributed by atoms with Crippen LogP contribution in [-0.4, -0.2) is 55.7 Å². The molecule has 7 nitrogen and oxygen atoms in total. The summed E-state index contributed by atoms with van der Waals surface area (Å²) in [5, 5.41) is 6.94. The maximum absolute atomic E-state index is 5.39. The van der Waals surface area contributed by atoms with Crippen LogP contribution in [0.5, 0.6) is 11.5 Å². The number of aromatic nitrogens is 1. The lowest BCUT2D eigenvalue weighted by Crippen LogP contribution is -2.44. The Kier molecular flexibility index (Phi) is 10.3. The number of hydrogen-bond donors (Lipinski definition) is 2. The van der Waals surface area contributed by atoms with Gasteiger partial charge in [0, 0.05) is 44.5 Å². The van der Waals surface area contributed by atoms with Crippen LogP contribution in [0.1, 0.15) is 30.2 Å². The van der Waals surface area contributed by atoms with Crippen molar-refractivity contribution in [3.63, 3.8) is 0 Å². The molecule has 0 bridgehead atoms. The SMILES string of the molecule is CCNC(=NCc1ncccc1C)NC1CCN(Cc2cc(OC)cc(OC)c2)C1.I. The average molecular weight is 539 g/mol. The smallest absolute Gasteiger partial charge is 0.191 e. The van der Waals surface area contributed by atoms with E-state index in [1.165, 1.54) is 5.56 Å². The largest absolute Gasteiger partial charge is 0.497 e. The number of nitrogens with zero attached hydrogens (tertiary/aromatic N) is 3. The number of rotatable bonds is 8. The molecule has 0 radical (unpaired) electrons. The summed E-state index contributed by atoms with van der Waals surface area (Å²) in [5.41, 5.74) is 3.37. The molecule has 1 atom stereocenters. The minimum atomic E-state index is 0. The topological polar surface area (TPSA) is 71.0 Å². The van der Waals surface area contributed by atoms with Gasteiger partial charge in [-0.05, 0) is 49.6 Å². The van der Waals surface area contributed by atoms with Crippen molar-refractivity contribution in [3.05, 3.63) is 53.3 Å². The van der Waals surface area contributed by atoms with Gasteiger partial charge >= 0.3 is 0 Å². The van der Waals surface area contributed by atoms with E-state index in [0.717, 1.165) is 61.3 Å². The van der Waals surface area contributed by atoms with E-state index in [-0.39, 0.29) is 24.0 Å². The van der Waals surface area contributed by atoms with Gasteiger partial charge in [-0.25, -0.2) is 4.99 Å². The summed E-state index contributed by atoms with van der Waals surface area (Å²) < 4.78 is 10.8. The highest BCUT2D eigenvalue weighted by molar-refractivity contribution is 14.0. The first kappa shape index (κ1) is 25.2. The molecule has 0 saturated carbocycles. The second kappa shape index (κ2) is 12.7. The second-order valence-corrected chi connectivity index (χ2v) is 7.55. The molecule has 31 heavy (non-hydrogen) atoms. The quantitative estimate of drug-likeness (QED) is 0.305. The number of methoxy groups -OCH3 is 2. The highest BCUT2D eigenvalue weighted by Gasteiger charge is 2.23. The molecule has 1 saturated heterocycles. The van der Waals surface area contributed by atoms with Crippen molar-refractivity contribution in [2.24, 2.45) is 4.99 Å². The summed E-state index contributed by atoms with van der Waals surface area (Å²) in [6.45, 7) is 8.42. The number of aryl methyl sites for hydroxylation is 1. The van der Waals surface area contributed by atoms with Crippen molar-refractivity contribution in [2.45, 2.75) is 39.4 Å². The normalized spacial score (nSPS) is 16.5. The minimum absolute atomic E-state index is 0. The molecule has 1 aliphatic heterocycles. The first-order valence-corrected chi connectivity index (χ1v) is 10.5. The lowest BCUT2D eigenvalue weighted by molar-refractivity contribution is 0.321. The highest BCUT2D eigenvalue weighted by atomic mass is 127. The standard InChI is InChI=1S/C23H33N5O2.HI/c1-5-24-23(26-14-22-17(2)7-6-9-25-22)27-19-8-10-28(16-19)15-18-11-20(29-3)13-21(12-18)30-4;/h6-7,9,11-13,19H,5,8,10,14-16H2,1-4H3,(H2,24,26,27);1H.